The zero-order valence-electron chi connectivity index (χ0n) is 8.39. The fraction of sp³-hybridized carbons (Fsp3) is 0.800. The van der Waals surface area contributed by atoms with Crippen molar-refractivity contribution in [3.63, 3.8) is 0 Å². The second-order valence-corrected chi connectivity index (χ2v) is 3.88. The number of allylic oxidation sites excluding steroid dienone is 1. The van der Waals surface area contributed by atoms with E-state index in [1.807, 2.05) is 0 Å². The molecule has 2 heteroatoms. The lowest BCUT2D eigenvalue weighted by Gasteiger charge is -2.39. The van der Waals surface area contributed by atoms with Crippen molar-refractivity contribution in [2.24, 2.45) is 0 Å². The van der Waals surface area contributed by atoms with Gasteiger partial charge in [-0.25, -0.2) is 0 Å². The van der Waals surface area contributed by atoms with Crippen LogP contribution in [-0.4, -0.2) is 30.7 Å². The Bertz CT molecular complexity index is 169. The Labute approximate surface area is 75.2 Å². The van der Waals surface area contributed by atoms with Crippen molar-refractivity contribution >= 4 is 0 Å². The van der Waals surface area contributed by atoms with Crippen molar-refractivity contribution in [3.05, 3.63) is 12.3 Å². The average molecular weight is 169 g/mol. The van der Waals surface area contributed by atoms with Crippen LogP contribution in [-0.2, 0) is 4.74 Å². The summed E-state index contributed by atoms with van der Waals surface area (Å²) in [4.78, 5) is 2.32. The molecule has 0 amide bonds. The van der Waals surface area contributed by atoms with Crippen molar-refractivity contribution in [3.8, 4) is 0 Å². The maximum absolute atomic E-state index is 5.45. The Morgan fingerprint density at radius 1 is 1.42 bits per heavy atom. The average Bonchev–Trinajstić information content (AvgIpc) is 2.05. The number of hydrogen-bond acceptors (Lipinski definition) is 2. The third-order valence-corrected chi connectivity index (χ3v) is 2.85. The minimum absolute atomic E-state index is 0.103. The van der Waals surface area contributed by atoms with Crippen LogP contribution in [0.4, 0.5) is 0 Å². The van der Waals surface area contributed by atoms with E-state index in [-0.39, 0.29) is 5.60 Å². The molecule has 1 heterocycles. The highest BCUT2D eigenvalue weighted by atomic mass is 16.5. The van der Waals surface area contributed by atoms with E-state index in [4.69, 9.17) is 4.74 Å². The molecule has 1 saturated heterocycles. The van der Waals surface area contributed by atoms with Gasteiger partial charge in [-0.3, -0.25) is 0 Å². The molecule has 0 atom stereocenters. The molecule has 0 aromatic heterocycles. The Morgan fingerprint density at radius 3 is 2.25 bits per heavy atom. The predicted octanol–water partition coefficient (Wildman–Crippen LogP) is 2.02. The summed E-state index contributed by atoms with van der Waals surface area (Å²) in [5.74, 6) is 0. The van der Waals surface area contributed by atoms with Crippen LogP contribution in [0.3, 0.4) is 0 Å². The van der Waals surface area contributed by atoms with Gasteiger partial charge in [-0.05, 0) is 26.7 Å². The van der Waals surface area contributed by atoms with Crippen LogP contribution in [0, 0.1) is 0 Å². The van der Waals surface area contributed by atoms with E-state index in [9.17, 15) is 0 Å². The SMILES string of the molecule is C=C(C)N1CCC(C)(OC)CC1. The van der Waals surface area contributed by atoms with Gasteiger partial charge in [0.05, 0.1) is 5.60 Å². The summed E-state index contributed by atoms with van der Waals surface area (Å²) >= 11 is 0. The fourth-order valence-electron chi connectivity index (χ4n) is 1.57. The van der Waals surface area contributed by atoms with Crippen LogP contribution in [0.1, 0.15) is 26.7 Å². The molecule has 1 rings (SSSR count). The van der Waals surface area contributed by atoms with E-state index in [1.165, 1.54) is 5.70 Å². The van der Waals surface area contributed by atoms with Gasteiger partial charge in [0.25, 0.3) is 0 Å². The van der Waals surface area contributed by atoms with Crippen LogP contribution in [0.2, 0.25) is 0 Å². The van der Waals surface area contributed by atoms with Crippen molar-refractivity contribution in [1.82, 2.24) is 4.90 Å². The maximum Gasteiger partial charge on any atom is 0.0684 e. The number of methoxy groups -OCH3 is 1. The molecule has 0 aliphatic carbocycles. The minimum Gasteiger partial charge on any atom is -0.378 e. The molecule has 0 saturated carbocycles. The third-order valence-electron chi connectivity index (χ3n) is 2.85. The van der Waals surface area contributed by atoms with Crippen LogP contribution in [0.5, 0.6) is 0 Å². The van der Waals surface area contributed by atoms with Crippen molar-refractivity contribution in [2.45, 2.75) is 32.3 Å². The lowest BCUT2D eigenvalue weighted by Crippen LogP contribution is -2.42. The summed E-state index contributed by atoms with van der Waals surface area (Å²) in [6, 6.07) is 0. The van der Waals surface area contributed by atoms with E-state index in [2.05, 4.69) is 25.3 Å². The van der Waals surface area contributed by atoms with Crippen LogP contribution in [0.25, 0.3) is 0 Å². The summed E-state index contributed by atoms with van der Waals surface area (Å²) in [6.45, 7) is 10.4. The highest BCUT2D eigenvalue weighted by Gasteiger charge is 2.29. The molecule has 0 spiro atoms. The first-order chi connectivity index (χ1) is 5.57. The van der Waals surface area contributed by atoms with Gasteiger partial charge < -0.3 is 9.64 Å². The molecule has 0 radical (unpaired) electrons. The monoisotopic (exact) mass is 169 g/mol. The predicted molar refractivity (Wildman–Crippen MR) is 51.0 cm³/mol. The normalized spacial score (nSPS) is 22.4. The van der Waals surface area contributed by atoms with Crippen molar-refractivity contribution in [1.29, 1.82) is 0 Å². The first-order valence-electron chi connectivity index (χ1n) is 4.53. The zero-order chi connectivity index (χ0) is 9.19. The molecule has 70 valence electrons. The molecule has 0 unspecified atom stereocenters. The molecule has 1 aliphatic rings. The fourth-order valence-corrected chi connectivity index (χ4v) is 1.57. The van der Waals surface area contributed by atoms with E-state index in [0.717, 1.165) is 25.9 Å². The van der Waals surface area contributed by atoms with Gasteiger partial charge in [0, 0.05) is 25.9 Å². The van der Waals surface area contributed by atoms with Gasteiger partial charge in [0.2, 0.25) is 0 Å². The Hall–Kier alpha value is -0.500. The van der Waals surface area contributed by atoms with Crippen molar-refractivity contribution in [2.75, 3.05) is 20.2 Å². The molecule has 1 aliphatic heterocycles. The topological polar surface area (TPSA) is 12.5 Å². The first kappa shape index (κ1) is 9.59. The number of rotatable bonds is 2. The Kier molecular flexibility index (Phi) is 2.78. The lowest BCUT2D eigenvalue weighted by atomic mass is 9.93. The first-order valence-corrected chi connectivity index (χ1v) is 4.53. The summed E-state index contributed by atoms with van der Waals surface area (Å²) in [7, 11) is 1.80. The molecule has 1 fully saturated rings. The highest BCUT2D eigenvalue weighted by molar-refractivity contribution is 4.94. The summed E-state index contributed by atoms with van der Waals surface area (Å²) in [5.41, 5.74) is 1.28. The van der Waals surface area contributed by atoms with E-state index >= 15 is 0 Å². The van der Waals surface area contributed by atoms with Gasteiger partial charge in [-0.15, -0.1) is 0 Å². The smallest absolute Gasteiger partial charge is 0.0684 e. The van der Waals surface area contributed by atoms with Gasteiger partial charge >= 0.3 is 0 Å². The third kappa shape index (κ3) is 2.01. The Balaban J connectivity index is 2.44. The second kappa shape index (κ2) is 3.48. The second-order valence-electron chi connectivity index (χ2n) is 3.88. The van der Waals surface area contributed by atoms with Crippen LogP contribution in [0.15, 0.2) is 12.3 Å². The standard InChI is InChI=1S/C10H19NO/c1-9(2)11-7-5-10(3,12-4)6-8-11/h1,5-8H2,2-4H3. The van der Waals surface area contributed by atoms with Gasteiger partial charge in [-0.1, -0.05) is 6.58 Å². The van der Waals surface area contributed by atoms with E-state index in [0.29, 0.717) is 0 Å². The number of ether oxygens (including phenoxy) is 1. The van der Waals surface area contributed by atoms with Crippen LogP contribution < -0.4 is 0 Å². The van der Waals surface area contributed by atoms with E-state index < -0.39 is 0 Å². The van der Waals surface area contributed by atoms with Gasteiger partial charge in [0.15, 0.2) is 0 Å². The number of likely N-dealkylation sites (tertiary alicyclic amines) is 1. The molecule has 0 aromatic rings. The molecule has 12 heavy (non-hydrogen) atoms. The van der Waals surface area contributed by atoms with Crippen molar-refractivity contribution < 1.29 is 4.74 Å². The lowest BCUT2D eigenvalue weighted by molar-refractivity contribution is -0.0368. The number of nitrogens with zero attached hydrogens (tertiary/aromatic N) is 1. The van der Waals surface area contributed by atoms with Gasteiger partial charge in [-0.2, -0.15) is 0 Å². The largest absolute Gasteiger partial charge is 0.378 e. The number of hydrogen-bond donors (Lipinski definition) is 0. The molecular formula is C10H19NO. The minimum atomic E-state index is 0.103. The summed E-state index contributed by atoms with van der Waals surface area (Å²) in [6.07, 6.45) is 2.22. The number of piperidine rings is 1. The molecule has 0 bridgehead atoms. The maximum atomic E-state index is 5.45. The van der Waals surface area contributed by atoms with E-state index in [1.54, 1.807) is 7.11 Å². The zero-order valence-corrected chi connectivity index (χ0v) is 8.39. The van der Waals surface area contributed by atoms with Gasteiger partial charge in [0.1, 0.15) is 0 Å². The molecule has 0 N–H and O–H groups in total. The quantitative estimate of drug-likeness (QED) is 0.627. The van der Waals surface area contributed by atoms with Crippen LogP contribution >= 0.6 is 0 Å². The molecule has 2 nitrogen and oxygen atoms in total. The highest BCUT2D eigenvalue weighted by Crippen LogP contribution is 2.26. The molecular weight excluding hydrogens is 150 g/mol. The Morgan fingerprint density at radius 2 is 1.92 bits per heavy atom. The summed E-state index contributed by atoms with van der Waals surface area (Å²) < 4.78 is 5.45. The molecule has 0 aromatic carbocycles. The summed E-state index contributed by atoms with van der Waals surface area (Å²) in [5, 5.41) is 0.